The van der Waals surface area contributed by atoms with Crippen molar-refractivity contribution in [1.82, 2.24) is 10.6 Å². The molecule has 2 amide bonds. The van der Waals surface area contributed by atoms with E-state index in [1.54, 1.807) is 19.1 Å². The molecular formula is C16H16Cl2N2O4. The number of methoxy groups -OCH3 is 1. The average molecular weight is 371 g/mol. The number of ether oxygens (including phenoxy) is 1. The van der Waals surface area contributed by atoms with Crippen molar-refractivity contribution in [1.29, 1.82) is 0 Å². The predicted octanol–water partition coefficient (Wildman–Crippen LogP) is 3.03. The summed E-state index contributed by atoms with van der Waals surface area (Å²) in [7, 11) is 1.43. The molecule has 0 spiro atoms. The van der Waals surface area contributed by atoms with Gasteiger partial charge in [-0.25, -0.2) is 0 Å². The summed E-state index contributed by atoms with van der Waals surface area (Å²) in [5.41, 5.74) is 0.233. The highest BCUT2D eigenvalue weighted by atomic mass is 35.5. The van der Waals surface area contributed by atoms with Gasteiger partial charge in [0.1, 0.15) is 11.8 Å². The highest BCUT2D eigenvalue weighted by Crippen LogP contribution is 2.33. The molecule has 0 saturated carbocycles. The molecule has 1 aromatic heterocycles. The van der Waals surface area contributed by atoms with Gasteiger partial charge in [0, 0.05) is 5.56 Å². The van der Waals surface area contributed by atoms with E-state index in [0.29, 0.717) is 11.5 Å². The molecule has 1 unspecified atom stereocenters. The molecule has 1 heterocycles. The highest BCUT2D eigenvalue weighted by molar-refractivity contribution is 6.37. The SMILES string of the molecule is COc1c(Cl)cc(C(=O)NC(C)C(=O)NCc2ccco2)cc1Cl. The third kappa shape index (κ3) is 4.43. The van der Waals surface area contributed by atoms with Gasteiger partial charge in [0.2, 0.25) is 5.91 Å². The molecule has 2 aromatic rings. The minimum absolute atomic E-state index is 0.213. The van der Waals surface area contributed by atoms with Crippen LogP contribution in [0.25, 0.3) is 0 Å². The summed E-state index contributed by atoms with van der Waals surface area (Å²) in [6, 6.07) is 5.57. The first-order valence-electron chi connectivity index (χ1n) is 7.06. The number of hydrogen-bond acceptors (Lipinski definition) is 4. The minimum atomic E-state index is -0.743. The fourth-order valence-corrected chi connectivity index (χ4v) is 2.61. The van der Waals surface area contributed by atoms with Crippen LogP contribution in [0.4, 0.5) is 0 Å². The van der Waals surface area contributed by atoms with Crippen molar-refractivity contribution in [2.45, 2.75) is 19.5 Å². The van der Waals surface area contributed by atoms with Crippen LogP contribution in [-0.4, -0.2) is 25.0 Å². The molecule has 2 N–H and O–H groups in total. The number of rotatable bonds is 6. The topological polar surface area (TPSA) is 80.6 Å². The monoisotopic (exact) mass is 370 g/mol. The molecule has 0 aliphatic rings. The van der Waals surface area contributed by atoms with Gasteiger partial charge in [-0.05, 0) is 31.2 Å². The average Bonchev–Trinajstić information content (AvgIpc) is 3.05. The van der Waals surface area contributed by atoms with E-state index < -0.39 is 11.9 Å². The van der Waals surface area contributed by atoms with Crippen molar-refractivity contribution in [3.63, 3.8) is 0 Å². The van der Waals surface area contributed by atoms with Crippen molar-refractivity contribution in [2.24, 2.45) is 0 Å². The van der Waals surface area contributed by atoms with Crippen LogP contribution in [0.3, 0.4) is 0 Å². The Balaban J connectivity index is 1.97. The van der Waals surface area contributed by atoms with E-state index in [2.05, 4.69) is 10.6 Å². The van der Waals surface area contributed by atoms with E-state index in [9.17, 15) is 9.59 Å². The van der Waals surface area contributed by atoms with Crippen molar-refractivity contribution < 1.29 is 18.7 Å². The number of carbonyl (C=O) groups is 2. The fourth-order valence-electron chi connectivity index (χ4n) is 1.97. The lowest BCUT2D eigenvalue weighted by Crippen LogP contribution is -2.44. The third-order valence-electron chi connectivity index (χ3n) is 3.22. The molecular weight excluding hydrogens is 355 g/mol. The Bertz CT molecular complexity index is 709. The Morgan fingerprint density at radius 2 is 1.96 bits per heavy atom. The van der Waals surface area contributed by atoms with Crippen LogP contribution in [0.1, 0.15) is 23.0 Å². The summed E-state index contributed by atoms with van der Waals surface area (Å²) >= 11 is 12.0. The maximum absolute atomic E-state index is 12.2. The number of furan rings is 1. The summed E-state index contributed by atoms with van der Waals surface area (Å²) in [6.07, 6.45) is 1.52. The highest BCUT2D eigenvalue weighted by Gasteiger charge is 2.19. The van der Waals surface area contributed by atoms with Gasteiger partial charge in [0.05, 0.1) is 30.0 Å². The summed E-state index contributed by atoms with van der Waals surface area (Å²) in [5.74, 6) is 0.0993. The molecule has 0 aliphatic heterocycles. The Morgan fingerprint density at radius 3 is 2.50 bits per heavy atom. The van der Waals surface area contributed by atoms with Crippen LogP contribution in [0.5, 0.6) is 5.75 Å². The first-order chi connectivity index (χ1) is 11.4. The number of halogens is 2. The fraction of sp³-hybridized carbons (Fsp3) is 0.250. The zero-order chi connectivity index (χ0) is 17.7. The van der Waals surface area contributed by atoms with E-state index in [1.807, 2.05) is 0 Å². The van der Waals surface area contributed by atoms with Crippen LogP contribution in [0.15, 0.2) is 34.9 Å². The van der Waals surface area contributed by atoms with Gasteiger partial charge in [-0.3, -0.25) is 9.59 Å². The van der Waals surface area contributed by atoms with Gasteiger partial charge >= 0.3 is 0 Å². The number of hydrogen-bond donors (Lipinski definition) is 2. The lowest BCUT2D eigenvalue weighted by atomic mass is 10.2. The second-order valence-corrected chi connectivity index (χ2v) is 5.78. The normalized spacial score (nSPS) is 11.7. The Hall–Kier alpha value is -2.18. The lowest BCUT2D eigenvalue weighted by Gasteiger charge is -2.14. The molecule has 0 bridgehead atoms. The van der Waals surface area contributed by atoms with Crippen LogP contribution < -0.4 is 15.4 Å². The van der Waals surface area contributed by atoms with Gasteiger partial charge in [-0.2, -0.15) is 0 Å². The zero-order valence-corrected chi connectivity index (χ0v) is 14.6. The van der Waals surface area contributed by atoms with Crippen LogP contribution in [0.2, 0.25) is 10.0 Å². The second-order valence-electron chi connectivity index (χ2n) is 4.97. The Kier molecular flexibility index (Phi) is 6.11. The van der Waals surface area contributed by atoms with Gasteiger partial charge in [-0.1, -0.05) is 23.2 Å². The number of amides is 2. The molecule has 1 aromatic carbocycles. The van der Waals surface area contributed by atoms with Crippen LogP contribution in [0, 0.1) is 0 Å². The zero-order valence-electron chi connectivity index (χ0n) is 13.1. The quantitative estimate of drug-likeness (QED) is 0.818. The van der Waals surface area contributed by atoms with E-state index in [-0.39, 0.29) is 28.1 Å². The molecule has 0 aliphatic carbocycles. The molecule has 24 heavy (non-hydrogen) atoms. The molecule has 6 nitrogen and oxygen atoms in total. The maximum Gasteiger partial charge on any atom is 0.252 e. The number of carbonyl (C=O) groups excluding carboxylic acids is 2. The Morgan fingerprint density at radius 1 is 1.29 bits per heavy atom. The van der Waals surface area contributed by atoms with Gasteiger partial charge in [-0.15, -0.1) is 0 Å². The summed E-state index contributed by atoms with van der Waals surface area (Å²) < 4.78 is 10.1. The smallest absolute Gasteiger partial charge is 0.252 e. The second kappa shape index (κ2) is 8.08. The van der Waals surface area contributed by atoms with E-state index in [0.717, 1.165) is 0 Å². The summed E-state index contributed by atoms with van der Waals surface area (Å²) in [6.45, 7) is 1.81. The third-order valence-corrected chi connectivity index (χ3v) is 3.78. The predicted molar refractivity (Wildman–Crippen MR) is 90.5 cm³/mol. The molecule has 128 valence electrons. The van der Waals surface area contributed by atoms with E-state index in [4.69, 9.17) is 32.4 Å². The van der Waals surface area contributed by atoms with Gasteiger partial charge in [0.25, 0.3) is 5.91 Å². The van der Waals surface area contributed by atoms with E-state index >= 15 is 0 Å². The lowest BCUT2D eigenvalue weighted by molar-refractivity contribution is -0.122. The molecule has 0 fully saturated rings. The van der Waals surface area contributed by atoms with Crippen LogP contribution in [-0.2, 0) is 11.3 Å². The van der Waals surface area contributed by atoms with Crippen molar-refractivity contribution in [3.8, 4) is 5.75 Å². The molecule has 8 heteroatoms. The number of nitrogens with one attached hydrogen (secondary N) is 2. The first kappa shape index (κ1) is 18.2. The first-order valence-corrected chi connectivity index (χ1v) is 7.82. The van der Waals surface area contributed by atoms with E-state index in [1.165, 1.54) is 25.5 Å². The standard InChI is InChI=1S/C16H16Cl2N2O4/c1-9(15(21)19-8-11-4-3-5-24-11)20-16(22)10-6-12(17)14(23-2)13(18)7-10/h3-7,9H,8H2,1-2H3,(H,19,21)(H,20,22). The minimum Gasteiger partial charge on any atom is -0.494 e. The van der Waals surface area contributed by atoms with Crippen LogP contribution >= 0.6 is 23.2 Å². The molecule has 1 atom stereocenters. The molecule has 2 rings (SSSR count). The largest absolute Gasteiger partial charge is 0.494 e. The van der Waals surface area contributed by atoms with Gasteiger partial charge < -0.3 is 19.8 Å². The molecule has 0 radical (unpaired) electrons. The van der Waals surface area contributed by atoms with Gasteiger partial charge in [0.15, 0.2) is 5.75 Å². The maximum atomic E-state index is 12.2. The summed E-state index contributed by atoms with van der Waals surface area (Å²) in [4.78, 5) is 24.2. The van der Waals surface area contributed by atoms with Crippen molar-refractivity contribution in [2.75, 3.05) is 7.11 Å². The number of benzene rings is 1. The summed E-state index contributed by atoms with van der Waals surface area (Å²) in [5, 5.41) is 5.67. The van der Waals surface area contributed by atoms with Crippen molar-refractivity contribution in [3.05, 3.63) is 51.9 Å². The van der Waals surface area contributed by atoms with Crippen molar-refractivity contribution >= 4 is 35.0 Å². The Labute approximate surface area is 149 Å². The molecule has 0 saturated heterocycles.